The standard InChI is InChI=1S/C24H30Cl2N2O2S/c1-17(23(30)27-24(2,3)4)28(14-13-18-9-6-5-7-10-18)22(29)16-31-15-19-20(25)11-8-12-21(19)26/h5-12,17H,13-16H2,1-4H3,(H,27,30). The Morgan fingerprint density at radius 2 is 1.65 bits per heavy atom. The lowest BCUT2D eigenvalue weighted by molar-refractivity contribution is -0.138. The van der Waals surface area contributed by atoms with Crippen molar-refractivity contribution in [2.75, 3.05) is 12.3 Å². The van der Waals surface area contributed by atoms with E-state index in [9.17, 15) is 9.59 Å². The Bertz CT molecular complexity index is 865. The predicted octanol–water partition coefficient (Wildman–Crippen LogP) is 5.60. The number of rotatable bonds is 9. The Morgan fingerprint density at radius 3 is 2.23 bits per heavy atom. The van der Waals surface area contributed by atoms with Gasteiger partial charge in [0, 0.05) is 27.9 Å². The van der Waals surface area contributed by atoms with Crippen LogP contribution in [0.5, 0.6) is 0 Å². The summed E-state index contributed by atoms with van der Waals surface area (Å²) in [4.78, 5) is 27.5. The maximum absolute atomic E-state index is 13.1. The molecule has 1 atom stereocenters. The van der Waals surface area contributed by atoms with Crippen LogP contribution in [0.2, 0.25) is 10.0 Å². The van der Waals surface area contributed by atoms with Gasteiger partial charge in [-0.15, -0.1) is 11.8 Å². The molecule has 2 rings (SSSR count). The minimum Gasteiger partial charge on any atom is -0.350 e. The quantitative estimate of drug-likeness (QED) is 0.507. The molecule has 7 heteroatoms. The molecule has 0 aliphatic carbocycles. The fourth-order valence-electron chi connectivity index (χ4n) is 3.04. The summed E-state index contributed by atoms with van der Waals surface area (Å²) in [5.41, 5.74) is 1.58. The number of thioether (sulfide) groups is 1. The third kappa shape index (κ3) is 8.40. The molecule has 0 heterocycles. The summed E-state index contributed by atoms with van der Waals surface area (Å²) in [6.07, 6.45) is 0.681. The molecule has 31 heavy (non-hydrogen) atoms. The first-order valence-electron chi connectivity index (χ1n) is 10.2. The van der Waals surface area contributed by atoms with Crippen molar-refractivity contribution in [3.63, 3.8) is 0 Å². The van der Waals surface area contributed by atoms with E-state index in [4.69, 9.17) is 23.2 Å². The van der Waals surface area contributed by atoms with Crippen LogP contribution in [-0.2, 0) is 21.8 Å². The van der Waals surface area contributed by atoms with Crippen molar-refractivity contribution in [3.05, 3.63) is 69.7 Å². The Kier molecular flexibility index (Phi) is 9.73. The smallest absolute Gasteiger partial charge is 0.242 e. The van der Waals surface area contributed by atoms with Crippen LogP contribution in [0.4, 0.5) is 0 Å². The van der Waals surface area contributed by atoms with E-state index >= 15 is 0 Å². The van der Waals surface area contributed by atoms with Gasteiger partial charge in [-0.3, -0.25) is 9.59 Å². The fourth-order valence-corrected chi connectivity index (χ4v) is 4.68. The van der Waals surface area contributed by atoms with Crippen molar-refractivity contribution in [3.8, 4) is 0 Å². The maximum atomic E-state index is 13.1. The average molecular weight is 481 g/mol. The molecule has 0 spiro atoms. The predicted molar refractivity (Wildman–Crippen MR) is 132 cm³/mol. The number of carbonyl (C=O) groups is 2. The van der Waals surface area contributed by atoms with Crippen LogP contribution in [0, 0.1) is 0 Å². The number of halogens is 2. The molecule has 0 aromatic heterocycles. The molecule has 0 saturated heterocycles. The van der Waals surface area contributed by atoms with E-state index in [0.717, 1.165) is 11.1 Å². The Hall–Kier alpha value is -1.69. The van der Waals surface area contributed by atoms with E-state index in [0.29, 0.717) is 28.8 Å². The van der Waals surface area contributed by atoms with Gasteiger partial charge in [0.2, 0.25) is 11.8 Å². The summed E-state index contributed by atoms with van der Waals surface area (Å²) in [7, 11) is 0. The SMILES string of the molecule is CC(C(=O)NC(C)(C)C)N(CCc1ccccc1)C(=O)CSCc1c(Cl)cccc1Cl. The molecule has 0 aliphatic rings. The first-order valence-corrected chi connectivity index (χ1v) is 12.2. The van der Waals surface area contributed by atoms with Crippen molar-refractivity contribution < 1.29 is 9.59 Å². The lowest BCUT2D eigenvalue weighted by Gasteiger charge is -2.31. The topological polar surface area (TPSA) is 49.4 Å². The van der Waals surface area contributed by atoms with Gasteiger partial charge < -0.3 is 10.2 Å². The molecule has 2 amide bonds. The molecule has 0 aliphatic heterocycles. The summed E-state index contributed by atoms with van der Waals surface area (Å²) >= 11 is 13.9. The molecular weight excluding hydrogens is 451 g/mol. The minimum atomic E-state index is -0.570. The highest BCUT2D eigenvalue weighted by Gasteiger charge is 2.28. The second kappa shape index (κ2) is 11.8. The van der Waals surface area contributed by atoms with Gasteiger partial charge in [0.1, 0.15) is 6.04 Å². The second-order valence-electron chi connectivity index (χ2n) is 8.43. The lowest BCUT2D eigenvalue weighted by atomic mass is 10.1. The summed E-state index contributed by atoms with van der Waals surface area (Å²) in [5, 5.41) is 4.15. The highest BCUT2D eigenvalue weighted by molar-refractivity contribution is 7.99. The van der Waals surface area contributed by atoms with Gasteiger partial charge in [0.05, 0.1) is 5.75 Å². The number of hydrogen-bond donors (Lipinski definition) is 1. The van der Waals surface area contributed by atoms with Gasteiger partial charge in [-0.05, 0) is 57.4 Å². The van der Waals surface area contributed by atoms with Gasteiger partial charge in [-0.2, -0.15) is 0 Å². The molecule has 0 fully saturated rings. The van der Waals surface area contributed by atoms with Crippen molar-refractivity contribution in [1.29, 1.82) is 0 Å². The summed E-state index contributed by atoms with van der Waals surface area (Å²) in [6.45, 7) is 8.03. The normalized spacial score (nSPS) is 12.3. The first kappa shape index (κ1) is 25.6. The van der Waals surface area contributed by atoms with Crippen LogP contribution in [0.3, 0.4) is 0 Å². The summed E-state index contributed by atoms with van der Waals surface area (Å²) in [5.74, 6) is 0.525. The van der Waals surface area contributed by atoms with Crippen molar-refractivity contribution >= 4 is 46.8 Å². The Balaban J connectivity index is 2.06. The third-order valence-corrected chi connectivity index (χ3v) is 6.34. The molecule has 2 aromatic carbocycles. The first-order chi connectivity index (χ1) is 14.6. The highest BCUT2D eigenvalue weighted by Crippen LogP contribution is 2.28. The Morgan fingerprint density at radius 1 is 1.03 bits per heavy atom. The van der Waals surface area contributed by atoms with E-state index < -0.39 is 6.04 Å². The van der Waals surface area contributed by atoms with Crippen molar-refractivity contribution in [1.82, 2.24) is 10.2 Å². The van der Waals surface area contributed by atoms with Crippen LogP contribution >= 0.6 is 35.0 Å². The van der Waals surface area contributed by atoms with Crippen LogP contribution in [0.1, 0.15) is 38.8 Å². The Labute approximate surface area is 199 Å². The zero-order valence-electron chi connectivity index (χ0n) is 18.5. The number of benzene rings is 2. The van der Waals surface area contributed by atoms with Crippen LogP contribution in [0.25, 0.3) is 0 Å². The zero-order valence-corrected chi connectivity index (χ0v) is 20.8. The van der Waals surface area contributed by atoms with E-state index in [1.165, 1.54) is 11.8 Å². The molecule has 1 unspecified atom stereocenters. The monoisotopic (exact) mass is 480 g/mol. The average Bonchev–Trinajstić information content (AvgIpc) is 2.69. The molecule has 2 aromatic rings. The zero-order chi connectivity index (χ0) is 23.0. The van der Waals surface area contributed by atoms with Gasteiger partial charge in [-0.25, -0.2) is 0 Å². The van der Waals surface area contributed by atoms with Crippen molar-refractivity contribution in [2.24, 2.45) is 0 Å². The van der Waals surface area contributed by atoms with Gasteiger partial charge in [0.15, 0.2) is 0 Å². The number of amides is 2. The van der Waals surface area contributed by atoms with E-state index in [1.807, 2.05) is 51.1 Å². The minimum absolute atomic E-state index is 0.0827. The number of hydrogen-bond acceptors (Lipinski definition) is 3. The molecule has 0 bridgehead atoms. The van der Waals surface area contributed by atoms with Crippen LogP contribution in [-0.4, -0.2) is 40.6 Å². The van der Waals surface area contributed by atoms with Crippen LogP contribution < -0.4 is 5.32 Å². The van der Waals surface area contributed by atoms with E-state index in [1.54, 1.807) is 30.0 Å². The summed E-state index contributed by atoms with van der Waals surface area (Å²) in [6, 6.07) is 14.8. The molecule has 0 radical (unpaired) electrons. The number of carbonyl (C=O) groups excluding carboxylic acids is 2. The number of nitrogens with one attached hydrogen (secondary N) is 1. The van der Waals surface area contributed by atoms with Gasteiger partial charge in [-0.1, -0.05) is 59.6 Å². The highest BCUT2D eigenvalue weighted by atomic mass is 35.5. The third-order valence-electron chi connectivity index (χ3n) is 4.68. The van der Waals surface area contributed by atoms with Gasteiger partial charge in [0.25, 0.3) is 0 Å². The lowest BCUT2D eigenvalue weighted by Crippen LogP contribution is -2.53. The number of nitrogens with zero attached hydrogens (tertiary/aromatic N) is 1. The second-order valence-corrected chi connectivity index (χ2v) is 10.2. The molecule has 0 saturated carbocycles. The molecule has 168 valence electrons. The largest absolute Gasteiger partial charge is 0.350 e. The fraction of sp³-hybridized carbons (Fsp3) is 0.417. The van der Waals surface area contributed by atoms with E-state index in [2.05, 4.69) is 5.32 Å². The molecular formula is C24H30Cl2N2O2S. The van der Waals surface area contributed by atoms with Crippen molar-refractivity contribution in [2.45, 2.75) is 51.4 Å². The molecule has 4 nitrogen and oxygen atoms in total. The van der Waals surface area contributed by atoms with Crippen LogP contribution in [0.15, 0.2) is 48.5 Å². The van der Waals surface area contributed by atoms with E-state index in [-0.39, 0.29) is 23.1 Å². The van der Waals surface area contributed by atoms with Gasteiger partial charge >= 0.3 is 0 Å². The summed E-state index contributed by atoms with van der Waals surface area (Å²) < 4.78 is 0. The maximum Gasteiger partial charge on any atom is 0.242 e. The molecule has 1 N–H and O–H groups in total.